The second kappa shape index (κ2) is 13.7. The van der Waals surface area contributed by atoms with E-state index in [1.807, 2.05) is 6.92 Å². The second-order valence-corrected chi connectivity index (χ2v) is 12.9. The maximum Gasteiger partial charge on any atom is 0.263 e. The lowest BCUT2D eigenvalue weighted by Crippen LogP contribution is -2.28. The molecule has 0 saturated carbocycles. The van der Waals surface area contributed by atoms with Gasteiger partial charge in [0.1, 0.15) is 6.61 Å². The number of benzene rings is 3. The van der Waals surface area contributed by atoms with Gasteiger partial charge in [0, 0.05) is 24.5 Å². The summed E-state index contributed by atoms with van der Waals surface area (Å²) in [7, 11) is -6.51. The first kappa shape index (κ1) is 31.4. The van der Waals surface area contributed by atoms with Gasteiger partial charge in [0.2, 0.25) is 15.8 Å². The molecule has 0 amide bonds. The second-order valence-electron chi connectivity index (χ2n) is 9.50. The number of ether oxygens (including phenoxy) is 3. The minimum absolute atomic E-state index is 0.00166. The number of nitrogens with zero attached hydrogens (tertiary/aromatic N) is 3. The Labute approximate surface area is 261 Å². The summed E-state index contributed by atoms with van der Waals surface area (Å²) >= 11 is 0. The summed E-state index contributed by atoms with van der Waals surface area (Å²) in [5, 5.41) is 0. The van der Waals surface area contributed by atoms with Crippen molar-refractivity contribution < 1.29 is 31.0 Å². The van der Waals surface area contributed by atoms with Crippen molar-refractivity contribution in [2.45, 2.75) is 16.7 Å². The van der Waals surface area contributed by atoms with Crippen LogP contribution in [-0.4, -0.2) is 52.0 Å². The highest BCUT2D eigenvalue weighted by Crippen LogP contribution is 2.41. The summed E-state index contributed by atoms with van der Waals surface area (Å²) in [4.78, 5) is 13.1. The highest BCUT2D eigenvalue weighted by Gasteiger charge is 2.25. The van der Waals surface area contributed by atoms with Crippen LogP contribution in [0.3, 0.4) is 0 Å². The van der Waals surface area contributed by atoms with Crippen LogP contribution in [0.1, 0.15) is 5.56 Å². The minimum atomic E-state index is -4.16. The van der Waals surface area contributed by atoms with E-state index in [-0.39, 0.29) is 52.0 Å². The van der Waals surface area contributed by atoms with Crippen molar-refractivity contribution in [1.29, 1.82) is 0 Å². The topological polar surface area (TPSA) is 159 Å². The summed E-state index contributed by atoms with van der Waals surface area (Å²) in [6.07, 6.45) is 3.07. The zero-order valence-corrected chi connectivity index (χ0v) is 25.9. The quantitative estimate of drug-likeness (QED) is 0.170. The number of nitrogens with one attached hydrogen (secondary N) is 2. The van der Waals surface area contributed by atoms with Crippen molar-refractivity contribution in [3.05, 3.63) is 109 Å². The molecule has 2 heterocycles. The maximum absolute atomic E-state index is 13.5. The van der Waals surface area contributed by atoms with Crippen molar-refractivity contribution in [2.75, 3.05) is 25.0 Å². The summed E-state index contributed by atoms with van der Waals surface area (Å²) in [5.74, 6) is 0.145. The van der Waals surface area contributed by atoms with E-state index < -0.39 is 20.0 Å². The van der Waals surface area contributed by atoms with Gasteiger partial charge in [-0.05, 0) is 55.5 Å². The van der Waals surface area contributed by atoms with E-state index in [9.17, 15) is 16.8 Å². The zero-order valence-electron chi connectivity index (χ0n) is 24.2. The average Bonchev–Trinajstić information content (AvgIpc) is 3.05. The molecule has 0 aliphatic heterocycles. The van der Waals surface area contributed by atoms with Crippen LogP contribution in [0, 0.1) is 6.92 Å². The summed E-state index contributed by atoms with van der Waals surface area (Å²) in [6.45, 7) is 1.52. The molecule has 0 radical (unpaired) electrons. The molecule has 2 N–H and O–H groups in total. The molecule has 12 nitrogen and oxygen atoms in total. The number of para-hydroxylation sites is 2. The van der Waals surface area contributed by atoms with Gasteiger partial charge in [0.15, 0.2) is 23.1 Å². The summed E-state index contributed by atoms with van der Waals surface area (Å²) in [5.41, 5.74) is 1.40. The number of methoxy groups -OCH3 is 1. The van der Waals surface area contributed by atoms with E-state index >= 15 is 0 Å². The molecule has 45 heavy (non-hydrogen) atoms. The first-order valence-electron chi connectivity index (χ1n) is 13.6. The van der Waals surface area contributed by atoms with Gasteiger partial charge in [0.05, 0.1) is 16.9 Å². The minimum Gasteiger partial charge on any atom is -0.493 e. The molecule has 0 aliphatic carbocycles. The highest BCUT2D eigenvalue weighted by atomic mass is 32.2. The van der Waals surface area contributed by atoms with Crippen LogP contribution in [0.4, 0.5) is 5.82 Å². The van der Waals surface area contributed by atoms with Gasteiger partial charge in [-0.3, -0.25) is 9.71 Å². The number of aromatic nitrogens is 3. The molecule has 5 aromatic rings. The lowest BCUT2D eigenvalue weighted by Gasteiger charge is -2.18. The van der Waals surface area contributed by atoms with Crippen LogP contribution in [0.25, 0.3) is 11.4 Å². The number of hydrogen-bond donors (Lipinski definition) is 2. The Kier molecular flexibility index (Phi) is 9.56. The molecule has 5 rings (SSSR count). The summed E-state index contributed by atoms with van der Waals surface area (Å²) < 4.78 is 75.0. The number of rotatable bonds is 13. The first-order valence-corrected chi connectivity index (χ1v) is 16.5. The Morgan fingerprint density at radius 2 is 1.38 bits per heavy atom. The van der Waals surface area contributed by atoms with Crippen molar-refractivity contribution in [3.63, 3.8) is 0 Å². The van der Waals surface area contributed by atoms with Crippen LogP contribution >= 0.6 is 0 Å². The third kappa shape index (κ3) is 7.73. The molecule has 3 aromatic carbocycles. The zero-order chi connectivity index (χ0) is 31.9. The fourth-order valence-corrected chi connectivity index (χ4v) is 6.08. The van der Waals surface area contributed by atoms with Crippen LogP contribution in [0.2, 0.25) is 0 Å². The van der Waals surface area contributed by atoms with Crippen molar-refractivity contribution >= 4 is 25.9 Å². The van der Waals surface area contributed by atoms with Gasteiger partial charge >= 0.3 is 0 Å². The number of pyridine rings is 1. The number of aryl methyl sites for hydroxylation is 1. The van der Waals surface area contributed by atoms with Gasteiger partial charge in [-0.25, -0.2) is 26.5 Å². The Morgan fingerprint density at radius 3 is 2.07 bits per heavy atom. The molecule has 14 heteroatoms. The standard InChI is InChI=1S/C31H29N5O7S2/c1-22-12-14-25(15-13-22)45(39,40)36-30-28(43-27-11-7-6-10-26(27)41-2)31(35-29(34-30)23-16-18-32-19-17-23)42-21-20-33-44(37,38)24-8-4-3-5-9-24/h3-19,33H,20-21H2,1-2H3,(H,34,35,36). The molecule has 0 aliphatic rings. The Hall–Kier alpha value is -5.05. The van der Waals surface area contributed by atoms with E-state index in [4.69, 9.17) is 14.2 Å². The van der Waals surface area contributed by atoms with Crippen LogP contribution in [-0.2, 0) is 20.0 Å². The van der Waals surface area contributed by atoms with Gasteiger partial charge < -0.3 is 14.2 Å². The largest absolute Gasteiger partial charge is 0.493 e. The number of sulfonamides is 2. The van der Waals surface area contributed by atoms with E-state index in [1.54, 1.807) is 66.7 Å². The third-order valence-electron chi connectivity index (χ3n) is 6.30. The van der Waals surface area contributed by atoms with Gasteiger partial charge in [-0.2, -0.15) is 4.98 Å². The van der Waals surface area contributed by atoms with Crippen LogP contribution < -0.4 is 23.7 Å². The van der Waals surface area contributed by atoms with Gasteiger partial charge in [0.25, 0.3) is 15.9 Å². The van der Waals surface area contributed by atoms with Gasteiger partial charge in [-0.15, -0.1) is 0 Å². The normalized spacial score (nSPS) is 11.5. The number of anilines is 1. The van der Waals surface area contributed by atoms with Crippen LogP contribution in [0.5, 0.6) is 23.1 Å². The molecule has 0 unspecified atom stereocenters. The third-order valence-corrected chi connectivity index (χ3v) is 9.13. The molecule has 0 fully saturated rings. The molecular weight excluding hydrogens is 619 g/mol. The van der Waals surface area contributed by atoms with E-state index in [2.05, 4.69) is 24.4 Å². The monoisotopic (exact) mass is 647 g/mol. The fourth-order valence-electron chi connectivity index (χ4n) is 4.04. The first-order chi connectivity index (χ1) is 21.7. The van der Waals surface area contributed by atoms with Gasteiger partial charge in [-0.1, -0.05) is 48.0 Å². The Bertz CT molecular complexity index is 1980. The summed E-state index contributed by atoms with van der Waals surface area (Å²) in [6, 6.07) is 24.2. The average molecular weight is 648 g/mol. The lowest BCUT2D eigenvalue weighted by molar-refractivity contribution is 0.292. The van der Waals surface area contributed by atoms with Crippen molar-refractivity contribution in [1.82, 2.24) is 19.7 Å². The predicted molar refractivity (Wildman–Crippen MR) is 167 cm³/mol. The molecule has 232 valence electrons. The fraction of sp³-hybridized carbons (Fsp3) is 0.129. The smallest absolute Gasteiger partial charge is 0.263 e. The van der Waals surface area contributed by atoms with Crippen molar-refractivity contribution in [2.24, 2.45) is 0 Å². The molecule has 2 aromatic heterocycles. The molecule has 0 atom stereocenters. The molecule has 0 saturated heterocycles. The van der Waals surface area contributed by atoms with E-state index in [0.717, 1.165) is 5.56 Å². The van der Waals surface area contributed by atoms with Crippen LogP contribution in [0.15, 0.2) is 113 Å². The maximum atomic E-state index is 13.5. The molecular formula is C31H29N5O7S2. The van der Waals surface area contributed by atoms with E-state index in [1.165, 1.54) is 43.8 Å². The molecule has 0 spiro atoms. The van der Waals surface area contributed by atoms with Crippen molar-refractivity contribution in [3.8, 4) is 34.5 Å². The SMILES string of the molecule is COc1ccccc1Oc1c(NS(=O)(=O)c2ccc(C)cc2)nc(-c2ccncc2)nc1OCCNS(=O)(=O)c1ccccc1. The van der Waals surface area contributed by atoms with E-state index in [0.29, 0.717) is 11.3 Å². The lowest BCUT2D eigenvalue weighted by atomic mass is 10.2. The number of hydrogen-bond acceptors (Lipinski definition) is 10. The Morgan fingerprint density at radius 1 is 0.733 bits per heavy atom. The Balaban J connectivity index is 1.55. The molecule has 0 bridgehead atoms. The predicted octanol–water partition coefficient (Wildman–Crippen LogP) is 4.81. The highest BCUT2D eigenvalue weighted by molar-refractivity contribution is 7.92.